The van der Waals surface area contributed by atoms with E-state index in [-0.39, 0.29) is 18.4 Å². The summed E-state index contributed by atoms with van der Waals surface area (Å²) in [5.74, 6) is -0.173. The highest BCUT2D eigenvalue weighted by Crippen LogP contribution is 2.18. The number of halogens is 1. The Morgan fingerprint density at radius 1 is 1.14 bits per heavy atom. The molecule has 0 bridgehead atoms. The second kappa shape index (κ2) is 6.91. The molecule has 1 aliphatic heterocycles. The van der Waals surface area contributed by atoms with E-state index in [2.05, 4.69) is 4.90 Å². The van der Waals surface area contributed by atoms with Gasteiger partial charge in [0.1, 0.15) is 6.54 Å². The van der Waals surface area contributed by atoms with E-state index >= 15 is 0 Å². The highest BCUT2D eigenvalue weighted by molar-refractivity contribution is 6.30. The van der Waals surface area contributed by atoms with Gasteiger partial charge in [-0.1, -0.05) is 11.6 Å². The molecular formula is C15H20ClN3O2. The lowest BCUT2D eigenvalue weighted by Gasteiger charge is -2.33. The van der Waals surface area contributed by atoms with Crippen molar-refractivity contribution in [1.29, 1.82) is 0 Å². The van der Waals surface area contributed by atoms with Gasteiger partial charge in [-0.15, -0.1) is 0 Å². The van der Waals surface area contributed by atoms with Gasteiger partial charge in [-0.25, -0.2) is 0 Å². The van der Waals surface area contributed by atoms with Gasteiger partial charge in [-0.2, -0.15) is 0 Å². The lowest BCUT2D eigenvalue weighted by atomic mass is 10.2. The number of benzene rings is 1. The van der Waals surface area contributed by atoms with Crippen LogP contribution in [0.2, 0.25) is 5.02 Å². The van der Waals surface area contributed by atoms with Gasteiger partial charge >= 0.3 is 0 Å². The topological polar surface area (TPSA) is 43.9 Å². The standard InChI is InChI=1S/C15H20ClN3O2/c1-12(20)19(14-5-3-13(16)4-6-14)11-15(21)18-9-7-17(2)8-10-18/h3-6H,7-11H2,1-2H3. The summed E-state index contributed by atoms with van der Waals surface area (Å²) in [6.07, 6.45) is 0. The van der Waals surface area contributed by atoms with Crippen LogP contribution in [0.15, 0.2) is 24.3 Å². The molecule has 1 saturated heterocycles. The van der Waals surface area contributed by atoms with Gasteiger partial charge in [-0.3, -0.25) is 9.59 Å². The summed E-state index contributed by atoms with van der Waals surface area (Å²) in [4.78, 5) is 29.6. The number of piperazine rings is 1. The molecule has 0 aliphatic carbocycles. The van der Waals surface area contributed by atoms with Crippen molar-refractivity contribution in [2.75, 3.05) is 44.7 Å². The van der Waals surface area contributed by atoms with Crippen molar-refractivity contribution < 1.29 is 9.59 Å². The van der Waals surface area contributed by atoms with E-state index < -0.39 is 0 Å². The highest BCUT2D eigenvalue weighted by Gasteiger charge is 2.23. The van der Waals surface area contributed by atoms with Crippen molar-refractivity contribution in [3.8, 4) is 0 Å². The number of hydrogen-bond acceptors (Lipinski definition) is 3. The minimum absolute atomic E-state index is 0.0201. The Morgan fingerprint density at radius 3 is 2.24 bits per heavy atom. The Bertz CT molecular complexity index is 510. The molecule has 114 valence electrons. The zero-order chi connectivity index (χ0) is 15.4. The number of hydrogen-bond donors (Lipinski definition) is 0. The van der Waals surface area contributed by atoms with Crippen LogP contribution in [0.3, 0.4) is 0 Å². The van der Waals surface area contributed by atoms with Gasteiger partial charge in [0.05, 0.1) is 0 Å². The number of carbonyl (C=O) groups is 2. The number of nitrogens with zero attached hydrogens (tertiary/aromatic N) is 3. The van der Waals surface area contributed by atoms with Crippen molar-refractivity contribution in [2.24, 2.45) is 0 Å². The number of amides is 2. The summed E-state index contributed by atoms with van der Waals surface area (Å²) in [7, 11) is 2.04. The normalized spacial score (nSPS) is 15.9. The molecule has 1 heterocycles. The van der Waals surface area contributed by atoms with Crippen LogP contribution in [-0.4, -0.2) is 61.4 Å². The van der Waals surface area contributed by atoms with Crippen LogP contribution < -0.4 is 4.90 Å². The fraction of sp³-hybridized carbons (Fsp3) is 0.467. The molecule has 5 nitrogen and oxygen atoms in total. The van der Waals surface area contributed by atoms with E-state index in [0.717, 1.165) is 13.1 Å². The molecule has 1 aromatic carbocycles. The molecule has 1 fully saturated rings. The molecule has 0 spiro atoms. The van der Waals surface area contributed by atoms with Gasteiger partial charge in [0.15, 0.2) is 0 Å². The lowest BCUT2D eigenvalue weighted by Crippen LogP contribution is -2.50. The zero-order valence-corrected chi connectivity index (χ0v) is 13.1. The first kappa shape index (κ1) is 15.8. The first-order chi connectivity index (χ1) is 9.97. The predicted octanol–water partition coefficient (Wildman–Crippen LogP) is 1.47. The van der Waals surface area contributed by atoms with Crippen molar-refractivity contribution in [3.05, 3.63) is 29.3 Å². The van der Waals surface area contributed by atoms with Crippen LogP contribution in [0.1, 0.15) is 6.92 Å². The molecule has 21 heavy (non-hydrogen) atoms. The molecule has 0 unspecified atom stereocenters. The summed E-state index contributed by atoms with van der Waals surface area (Å²) >= 11 is 5.85. The van der Waals surface area contributed by atoms with Crippen molar-refractivity contribution in [2.45, 2.75) is 6.92 Å². The van der Waals surface area contributed by atoms with E-state index in [9.17, 15) is 9.59 Å². The van der Waals surface area contributed by atoms with Gasteiger partial charge < -0.3 is 14.7 Å². The Kier molecular flexibility index (Phi) is 5.20. The maximum Gasteiger partial charge on any atom is 0.242 e. The molecule has 0 aromatic heterocycles. The smallest absolute Gasteiger partial charge is 0.242 e. The molecule has 2 amide bonds. The van der Waals surface area contributed by atoms with Crippen LogP contribution in [-0.2, 0) is 9.59 Å². The Morgan fingerprint density at radius 2 is 1.71 bits per heavy atom. The number of carbonyl (C=O) groups excluding carboxylic acids is 2. The Balaban J connectivity index is 2.04. The third kappa shape index (κ3) is 4.19. The second-order valence-corrected chi connectivity index (χ2v) is 5.70. The van der Waals surface area contributed by atoms with Crippen molar-refractivity contribution in [1.82, 2.24) is 9.80 Å². The van der Waals surface area contributed by atoms with E-state index in [0.29, 0.717) is 23.8 Å². The molecule has 0 radical (unpaired) electrons. The van der Waals surface area contributed by atoms with Gasteiger partial charge in [-0.05, 0) is 31.3 Å². The molecule has 2 rings (SSSR count). The van der Waals surface area contributed by atoms with Gasteiger partial charge in [0.25, 0.3) is 0 Å². The summed E-state index contributed by atoms with van der Waals surface area (Å²) in [5.41, 5.74) is 0.689. The number of rotatable bonds is 3. The number of likely N-dealkylation sites (N-methyl/N-ethyl adjacent to an activating group) is 1. The van der Waals surface area contributed by atoms with Crippen LogP contribution in [0.5, 0.6) is 0 Å². The van der Waals surface area contributed by atoms with Gasteiger partial charge in [0, 0.05) is 43.8 Å². The number of anilines is 1. The Labute approximate surface area is 130 Å². The largest absolute Gasteiger partial charge is 0.339 e. The lowest BCUT2D eigenvalue weighted by molar-refractivity contribution is -0.132. The SMILES string of the molecule is CC(=O)N(CC(=O)N1CCN(C)CC1)c1ccc(Cl)cc1. The fourth-order valence-electron chi connectivity index (χ4n) is 2.30. The molecule has 0 atom stereocenters. The molecule has 1 aromatic rings. The fourth-order valence-corrected chi connectivity index (χ4v) is 2.42. The van der Waals surface area contributed by atoms with Crippen LogP contribution in [0.4, 0.5) is 5.69 Å². The predicted molar refractivity (Wildman–Crippen MR) is 83.6 cm³/mol. The van der Waals surface area contributed by atoms with E-state index in [4.69, 9.17) is 11.6 Å². The minimum atomic E-state index is -0.153. The molecule has 1 aliphatic rings. The third-order valence-electron chi connectivity index (χ3n) is 3.67. The third-order valence-corrected chi connectivity index (χ3v) is 3.92. The zero-order valence-electron chi connectivity index (χ0n) is 12.4. The maximum absolute atomic E-state index is 12.3. The monoisotopic (exact) mass is 309 g/mol. The average molecular weight is 310 g/mol. The van der Waals surface area contributed by atoms with Crippen LogP contribution in [0.25, 0.3) is 0 Å². The van der Waals surface area contributed by atoms with E-state index in [1.165, 1.54) is 11.8 Å². The maximum atomic E-state index is 12.3. The van der Waals surface area contributed by atoms with E-state index in [1.807, 2.05) is 11.9 Å². The Hall–Kier alpha value is -1.59. The molecule has 0 saturated carbocycles. The quantitative estimate of drug-likeness (QED) is 0.849. The highest BCUT2D eigenvalue weighted by atomic mass is 35.5. The summed E-state index contributed by atoms with van der Waals surface area (Å²) < 4.78 is 0. The van der Waals surface area contributed by atoms with Gasteiger partial charge in [0.2, 0.25) is 11.8 Å². The van der Waals surface area contributed by atoms with Crippen LogP contribution in [0, 0.1) is 0 Å². The average Bonchev–Trinajstić information content (AvgIpc) is 2.46. The molecule has 6 heteroatoms. The van der Waals surface area contributed by atoms with Crippen LogP contribution >= 0.6 is 11.6 Å². The molecule has 0 N–H and O–H groups in total. The minimum Gasteiger partial charge on any atom is -0.339 e. The first-order valence-electron chi connectivity index (χ1n) is 6.97. The van der Waals surface area contributed by atoms with Crippen molar-refractivity contribution >= 4 is 29.1 Å². The first-order valence-corrected chi connectivity index (χ1v) is 7.35. The van der Waals surface area contributed by atoms with E-state index in [1.54, 1.807) is 24.3 Å². The second-order valence-electron chi connectivity index (χ2n) is 5.27. The summed E-state index contributed by atoms with van der Waals surface area (Å²) in [5, 5.41) is 0.604. The van der Waals surface area contributed by atoms with Crippen molar-refractivity contribution in [3.63, 3.8) is 0 Å². The molecular weight excluding hydrogens is 290 g/mol. The summed E-state index contributed by atoms with van der Waals surface area (Å²) in [6.45, 7) is 4.69. The summed E-state index contributed by atoms with van der Waals surface area (Å²) in [6, 6.07) is 6.93.